The van der Waals surface area contributed by atoms with Crippen LogP contribution >= 0.6 is 15.9 Å². The van der Waals surface area contributed by atoms with Crippen molar-refractivity contribution >= 4 is 39.3 Å². The van der Waals surface area contributed by atoms with Gasteiger partial charge >= 0.3 is 12.1 Å². The number of halogens is 1. The average molecular weight is 553 g/mol. The highest BCUT2D eigenvalue weighted by molar-refractivity contribution is 9.10. The van der Waals surface area contributed by atoms with E-state index in [2.05, 4.69) is 32.1 Å². The van der Waals surface area contributed by atoms with Crippen LogP contribution in [0.1, 0.15) is 33.3 Å². The van der Waals surface area contributed by atoms with Gasteiger partial charge in [-0.3, -0.25) is 4.79 Å². The summed E-state index contributed by atoms with van der Waals surface area (Å²) in [4.78, 5) is 33.2. The van der Waals surface area contributed by atoms with E-state index in [4.69, 9.17) is 4.74 Å². The molecule has 0 saturated carbocycles. The number of pyridine rings is 2. The predicted octanol–water partition coefficient (Wildman–Crippen LogP) is 3.93. The molecule has 1 N–H and O–H groups in total. The number of carboxylic acid groups (broad SMARTS) is 1. The molecule has 0 spiro atoms. The maximum absolute atomic E-state index is 12.8. The standard InChI is InChI=1S/C25H25BrN6O4/c1-24(2,3)36-23(35)31-13-25(4,22(33)34)21-18(31)12-30(21)19-6-5-14(9-28-19)17-7-16(26)11-32-20(17)15(8-27)10-29-32/h5-7,9-11,18,21H,12-13H2,1-4H3,(H,33,34)/t18-,21+,25?/m0/s1. The van der Waals surface area contributed by atoms with Gasteiger partial charge in [0.25, 0.3) is 0 Å². The van der Waals surface area contributed by atoms with E-state index in [1.54, 1.807) is 44.6 Å². The van der Waals surface area contributed by atoms with Gasteiger partial charge in [0.05, 0.1) is 29.4 Å². The Kier molecular flexibility index (Phi) is 5.48. The van der Waals surface area contributed by atoms with Crippen LogP contribution in [0.15, 0.2) is 41.3 Å². The SMILES string of the molecule is CC(C)(C)OC(=O)N1CC(C)(C(=O)O)[C@H]2[C@@H]1CN2c1ccc(-c2cc(Br)cn3ncc(C#N)c23)cn1. The molecule has 0 aromatic carbocycles. The van der Waals surface area contributed by atoms with Gasteiger partial charge in [-0.1, -0.05) is 0 Å². The van der Waals surface area contributed by atoms with E-state index in [1.165, 1.54) is 11.1 Å². The lowest BCUT2D eigenvalue weighted by molar-refractivity contribution is -0.148. The van der Waals surface area contributed by atoms with Gasteiger partial charge in [0, 0.05) is 41.1 Å². The first-order valence-electron chi connectivity index (χ1n) is 11.5. The summed E-state index contributed by atoms with van der Waals surface area (Å²) in [6.07, 6.45) is 4.51. The van der Waals surface area contributed by atoms with Crippen molar-refractivity contribution < 1.29 is 19.4 Å². The molecule has 0 aliphatic carbocycles. The predicted molar refractivity (Wildman–Crippen MR) is 134 cm³/mol. The van der Waals surface area contributed by atoms with Gasteiger partial charge < -0.3 is 19.6 Å². The summed E-state index contributed by atoms with van der Waals surface area (Å²) in [5.41, 5.74) is 0.886. The van der Waals surface area contributed by atoms with Crippen LogP contribution in [0.2, 0.25) is 0 Å². The zero-order valence-electron chi connectivity index (χ0n) is 20.3. The Morgan fingerprint density at radius 3 is 2.67 bits per heavy atom. The van der Waals surface area contributed by atoms with Crippen LogP contribution in [0.5, 0.6) is 0 Å². The van der Waals surface area contributed by atoms with Crippen molar-refractivity contribution in [2.75, 3.05) is 18.0 Å². The Hall–Kier alpha value is -3.65. The number of hydrogen-bond acceptors (Lipinski definition) is 7. The van der Waals surface area contributed by atoms with Gasteiger partial charge in [-0.2, -0.15) is 10.4 Å². The van der Waals surface area contributed by atoms with Gasteiger partial charge in [-0.25, -0.2) is 14.3 Å². The minimum absolute atomic E-state index is 0.0648. The second-order valence-electron chi connectivity index (χ2n) is 10.4. The number of carbonyl (C=O) groups excluding carboxylic acids is 1. The largest absolute Gasteiger partial charge is 0.481 e. The molecule has 3 aromatic heterocycles. The third-order valence-electron chi connectivity index (χ3n) is 6.80. The molecule has 0 radical (unpaired) electrons. The lowest BCUT2D eigenvalue weighted by Crippen LogP contribution is -2.67. The number of rotatable bonds is 3. The molecule has 36 heavy (non-hydrogen) atoms. The molecular formula is C25H25BrN6O4. The van der Waals surface area contributed by atoms with Crippen LogP contribution in [0.3, 0.4) is 0 Å². The van der Waals surface area contributed by atoms with E-state index < -0.39 is 29.1 Å². The molecule has 11 heteroatoms. The van der Waals surface area contributed by atoms with E-state index in [0.717, 1.165) is 15.6 Å². The number of carboxylic acids is 1. The van der Waals surface area contributed by atoms with Crippen LogP contribution in [0.25, 0.3) is 16.6 Å². The highest BCUT2D eigenvalue weighted by Crippen LogP contribution is 2.47. The van der Waals surface area contributed by atoms with Crippen molar-refractivity contribution in [3.63, 3.8) is 0 Å². The Balaban J connectivity index is 1.45. The van der Waals surface area contributed by atoms with Crippen molar-refractivity contribution in [3.8, 4) is 17.2 Å². The number of nitriles is 1. The lowest BCUT2D eigenvalue weighted by atomic mass is 9.77. The minimum atomic E-state index is -1.17. The number of nitrogens with zero attached hydrogens (tertiary/aromatic N) is 6. The number of amides is 1. The molecular weight excluding hydrogens is 528 g/mol. The highest BCUT2D eigenvalue weighted by Gasteiger charge is 2.64. The summed E-state index contributed by atoms with van der Waals surface area (Å²) < 4.78 is 7.99. The zero-order chi connectivity index (χ0) is 26.0. The van der Waals surface area contributed by atoms with Gasteiger partial charge in [0.1, 0.15) is 22.9 Å². The van der Waals surface area contributed by atoms with Crippen LogP contribution in [-0.4, -0.2) is 67.4 Å². The molecule has 5 rings (SSSR count). The van der Waals surface area contributed by atoms with Gasteiger partial charge in [-0.15, -0.1) is 0 Å². The molecule has 2 fully saturated rings. The molecule has 3 atom stereocenters. The molecule has 0 bridgehead atoms. The van der Waals surface area contributed by atoms with E-state index in [-0.39, 0.29) is 12.6 Å². The van der Waals surface area contributed by atoms with Gasteiger partial charge in [0.15, 0.2) is 0 Å². The fourth-order valence-corrected chi connectivity index (χ4v) is 5.57. The molecule has 2 aliphatic rings. The fraction of sp³-hybridized carbons (Fsp3) is 0.400. The number of ether oxygens (including phenoxy) is 1. The molecule has 1 amide bonds. The fourth-order valence-electron chi connectivity index (χ4n) is 5.14. The molecule has 3 aromatic rings. The average Bonchev–Trinajstić information content (AvgIpc) is 3.29. The Bertz CT molecular complexity index is 1420. The van der Waals surface area contributed by atoms with Crippen molar-refractivity contribution in [1.82, 2.24) is 19.5 Å². The molecule has 2 saturated heterocycles. The summed E-state index contributed by atoms with van der Waals surface area (Å²) >= 11 is 3.49. The third kappa shape index (κ3) is 3.76. The number of carbonyl (C=O) groups is 2. The quantitative estimate of drug-likeness (QED) is 0.518. The monoisotopic (exact) mass is 552 g/mol. The Morgan fingerprint density at radius 2 is 2.06 bits per heavy atom. The van der Waals surface area contributed by atoms with Crippen molar-refractivity contribution in [3.05, 3.63) is 46.8 Å². The van der Waals surface area contributed by atoms with E-state index in [0.29, 0.717) is 23.4 Å². The van der Waals surface area contributed by atoms with E-state index >= 15 is 0 Å². The number of aromatic nitrogens is 3. The Labute approximate surface area is 216 Å². The number of fused-ring (bicyclic) bond motifs is 2. The zero-order valence-corrected chi connectivity index (χ0v) is 21.9. The lowest BCUT2D eigenvalue weighted by Gasteiger charge is -2.50. The van der Waals surface area contributed by atoms with Crippen LogP contribution in [0, 0.1) is 16.7 Å². The number of aliphatic carboxylic acids is 1. The second-order valence-corrected chi connectivity index (χ2v) is 11.4. The topological polar surface area (TPSA) is 124 Å². The van der Waals surface area contributed by atoms with Crippen LogP contribution < -0.4 is 4.90 Å². The van der Waals surface area contributed by atoms with Crippen molar-refractivity contribution in [1.29, 1.82) is 5.26 Å². The van der Waals surface area contributed by atoms with Gasteiger partial charge in [0.2, 0.25) is 0 Å². The first kappa shape index (κ1) is 24.1. The van der Waals surface area contributed by atoms with Crippen molar-refractivity contribution in [2.45, 2.75) is 45.4 Å². The summed E-state index contributed by atoms with van der Waals surface area (Å²) in [7, 11) is 0. The highest BCUT2D eigenvalue weighted by atomic mass is 79.9. The summed E-state index contributed by atoms with van der Waals surface area (Å²) in [5.74, 6) is -0.343. The van der Waals surface area contributed by atoms with Crippen LogP contribution in [0.4, 0.5) is 10.6 Å². The minimum Gasteiger partial charge on any atom is -0.481 e. The molecule has 5 heterocycles. The molecule has 10 nitrogen and oxygen atoms in total. The maximum Gasteiger partial charge on any atom is 0.410 e. The number of anilines is 1. The smallest absolute Gasteiger partial charge is 0.410 e. The van der Waals surface area contributed by atoms with Crippen molar-refractivity contribution in [2.24, 2.45) is 5.41 Å². The number of hydrogen-bond donors (Lipinski definition) is 1. The first-order chi connectivity index (χ1) is 16.9. The Morgan fingerprint density at radius 1 is 1.31 bits per heavy atom. The van der Waals surface area contributed by atoms with E-state index in [9.17, 15) is 20.0 Å². The summed E-state index contributed by atoms with van der Waals surface area (Å²) in [6, 6.07) is 7.10. The normalized spacial score (nSPS) is 23.2. The van der Waals surface area contributed by atoms with Crippen LogP contribution in [-0.2, 0) is 9.53 Å². The van der Waals surface area contributed by atoms with E-state index in [1.807, 2.05) is 23.1 Å². The first-order valence-corrected chi connectivity index (χ1v) is 12.3. The number of likely N-dealkylation sites (tertiary alicyclic amines) is 1. The third-order valence-corrected chi connectivity index (χ3v) is 7.24. The molecule has 1 unspecified atom stereocenters. The van der Waals surface area contributed by atoms with Gasteiger partial charge in [-0.05, 0) is 61.8 Å². The second kappa shape index (κ2) is 8.20. The molecule has 186 valence electrons. The summed E-state index contributed by atoms with van der Waals surface area (Å²) in [6.45, 7) is 7.55. The maximum atomic E-state index is 12.8. The summed E-state index contributed by atoms with van der Waals surface area (Å²) in [5, 5.41) is 23.8. The molecule has 2 aliphatic heterocycles.